The Morgan fingerprint density at radius 2 is 2.12 bits per heavy atom. The fourth-order valence-electron chi connectivity index (χ4n) is 3.06. The van der Waals surface area contributed by atoms with Gasteiger partial charge in [0.15, 0.2) is 0 Å². The molecule has 0 saturated heterocycles. The number of nitro groups is 1. The molecule has 132 valence electrons. The number of carbonyl (C=O) groups is 1. The predicted octanol–water partition coefficient (Wildman–Crippen LogP) is 2.97. The molecular formula is C17H25N3O4. The second-order valence-electron chi connectivity index (χ2n) is 7.21. The molecule has 1 aliphatic heterocycles. The minimum atomic E-state index is -0.371. The van der Waals surface area contributed by atoms with Gasteiger partial charge in [0, 0.05) is 42.2 Å². The Kier molecular flexibility index (Phi) is 5.13. The Balaban J connectivity index is 2.32. The first-order chi connectivity index (χ1) is 11.1. The number of non-ortho nitro benzene ring substituents is 1. The zero-order valence-corrected chi connectivity index (χ0v) is 14.8. The summed E-state index contributed by atoms with van der Waals surface area (Å²) in [5.41, 5.74) is 1.65. The zero-order valence-electron chi connectivity index (χ0n) is 14.8. The van der Waals surface area contributed by atoms with Crippen LogP contribution in [0.25, 0.3) is 0 Å². The first-order valence-corrected chi connectivity index (χ1v) is 7.96. The number of ether oxygens (including phenoxy) is 1. The lowest BCUT2D eigenvalue weighted by Crippen LogP contribution is -2.45. The van der Waals surface area contributed by atoms with Gasteiger partial charge in [0.1, 0.15) is 0 Å². The fourth-order valence-corrected chi connectivity index (χ4v) is 3.06. The monoisotopic (exact) mass is 335 g/mol. The summed E-state index contributed by atoms with van der Waals surface area (Å²) >= 11 is 0. The third kappa shape index (κ3) is 3.84. The van der Waals surface area contributed by atoms with Gasteiger partial charge >= 0.3 is 5.97 Å². The van der Waals surface area contributed by atoms with Crippen LogP contribution >= 0.6 is 0 Å². The van der Waals surface area contributed by atoms with E-state index in [0.717, 1.165) is 17.7 Å². The summed E-state index contributed by atoms with van der Waals surface area (Å²) in [7, 11) is 3.93. The highest BCUT2D eigenvalue weighted by molar-refractivity contribution is 5.66. The van der Waals surface area contributed by atoms with Gasteiger partial charge in [0.25, 0.3) is 5.69 Å². The van der Waals surface area contributed by atoms with Crippen molar-refractivity contribution in [2.75, 3.05) is 26.0 Å². The van der Waals surface area contributed by atoms with Gasteiger partial charge in [-0.05, 0) is 32.1 Å². The van der Waals surface area contributed by atoms with Crippen molar-refractivity contribution in [3.05, 3.63) is 33.9 Å². The molecule has 0 aromatic heterocycles. The number of hydrogen-bond acceptors (Lipinski definition) is 6. The molecule has 7 heteroatoms. The van der Waals surface area contributed by atoms with Gasteiger partial charge in [-0.15, -0.1) is 0 Å². The lowest BCUT2D eigenvalue weighted by atomic mass is 9.77. The van der Waals surface area contributed by atoms with E-state index in [1.54, 1.807) is 12.1 Å². The number of anilines is 1. The maximum atomic E-state index is 11.1. The number of nitrogens with one attached hydrogen (secondary N) is 1. The van der Waals surface area contributed by atoms with Crippen molar-refractivity contribution in [2.24, 2.45) is 5.41 Å². The summed E-state index contributed by atoms with van der Waals surface area (Å²) in [5.74, 6) is -0.293. The first kappa shape index (κ1) is 18.2. The minimum Gasteiger partial charge on any atom is -0.465 e. The summed E-state index contributed by atoms with van der Waals surface area (Å²) in [6, 6.07) is 5.06. The van der Waals surface area contributed by atoms with Crippen LogP contribution in [0.1, 0.15) is 38.8 Å². The van der Waals surface area contributed by atoms with Gasteiger partial charge in [-0.2, -0.15) is 0 Å². The molecule has 0 spiro atoms. The predicted molar refractivity (Wildman–Crippen MR) is 92.0 cm³/mol. The number of benzene rings is 1. The zero-order chi connectivity index (χ0) is 18.1. The van der Waals surface area contributed by atoms with Gasteiger partial charge in [0.05, 0.1) is 11.5 Å². The maximum absolute atomic E-state index is 11.1. The highest BCUT2D eigenvalue weighted by Crippen LogP contribution is 2.42. The lowest BCUT2D eigenvalue weighted by Gasteiger charge is -2.43. The molecule has 0 bridgehead atoms. The van der Waals surface area contributed by atoms with E-state index in [1.165, 1.54) is 13.0 Å². The van der Waals surface area contributed by atoms with Gasteiger partial charge in [-0.1, -0.05) is 13.8 Å². The van der Waals surface area contributed by atoms with Gasteiger partial charge in [-0.3, -0.25) is 14.9 Å². The molecule has 1 N–H and O–H groups in total. The molecule has 1 aliphatic rings. The maximum Gasteiger partial charge on any atom is 0.302 e. The highest BCUT2D eigenvalue weighted by atomic mass is 16.6. The summed E-state index contributed by atoms with van der Waals surface area (Å²) in [6.07, 6.45) is 0.773. The van der Waals surface area contributed by atoms with Crippen LogP contribution in [0, 0.1) is 15.5 Å². The topological polar surface area (TPSA) is 84.7 Å². The third-order valence-corrected chi connectivity index (χ3v) is 4.61. The van der Waals surface area contributed by atoms with E-state index in [-0.39, 0.29) is 34.1 Å². The van der Waals surface area contributed by atoms with Crippen LogP contribution in [0.15, 0.2) is 18.2 Å². The van der Waals surface area contributed by atoms with Crippen LogP contribution in [0.3, 0.4) is 0 Å². The Labute approximate surface area is 142 Å². The van der Waals surface area contributed by atoms with Crippen molar-refractivity contribution >= 4 is 17.3 Å². The number of nitro benzene ring substituents is 1. The molecule has 0 amide bonds. The summed E-state index contributed by atoms with van der Waals surface area (Å²) in [4.78, 5) is 23.9. The van der Waals surface area contributed by atoms with Crippen LogP contribution in [-0.2, 0) is 9.53 Å². The van der Waals surface area contributed by atoms with Gasteiger partial charge < -0.3 is 15.0 Å². The fraction of sp³-hybridized carbons (Fsp3) is 0.588. The van der Waals surface area contributed by atoms with E-state index in [9.17, 15) is 14.9 Å². The van der Waals surface area contributed by atoms with Crippen LogP contribution in [-0.4, -0.2) is 42.5 Å². The summed E-state index contributed by atoms with van der Waals surface area (Å²) in [5, 5.41) is 14.5. The first-order valence-electron chi connectivity index (χ1n) is 7.96. The standard InChI is InChI=1S/C17H25N3O4/c1-11(21)24-10-17(2,3)16-9-15(19(4)5)13-8-12(20(22)23)6-7-14(13)18-16/h6-8,15-16,18H,9-10H2,1-5H3. The molecule has 2 atom stereocenters. The normalized spacial score (nSPS) is 20.2. The average Bonchev–Trinajstić information content (AvgIpc) is 2.51. The molecular weight excluding hydrogens is 310 g/mol. The molecule has 7 nitrogen and oxygen atoms in total. The quantitative estimate of drug-likeness (QED) is 0.506. The van der Waals surface area contributed by atoms with Gasteiger partial charge in [0.2, 0.25) is 0 Å². The van der Waals surface area contributed by atoms with Crippen LogP contribution in [0.5, 0.6) is 0 Å². The second-order valence-corrected chi connectivity index (χ2v) is 7.21. The van der Waals surface area contributed by atoms with Crippen LogP contribution < -0.4 is 5.32 Å². The number of esters is 1. The lowest BCUT2D eigenvalue weighted by molar-refractivity contribution is -0.384. The van der Waals surface area contributed by atoms with E-state index in [0.29, 0.717) is 6.61 Å². The number of nitrogens with zero attached hydrogens (tertiary/aromatic N) is 2. The third-order valence-electron chi connectivity index (χ3n) is 4.61. The van der Waals surface area contributed by atoms with Crippen molar-refractivity contribution in [1.82, 2.24) is 4.90 Å². The second kappa shape index (κ2) is 6.76. The Bertz CT molecular complexity index is 643. The van der Waals surface area contributed by atoms with Crippen molar-refractivity contribution in [3.8, 4) is 0 Å². The van der Waals surface area contributed by atoms with Crippen molar-refractivity contribution < 1.29 is 14.5 Å². The SMILES string of the molecule is CC(=O)OCC(C)(C)C1CC(N(C)C)c2cc([N+](=O)[O-])ccc2N1. The largest absolute Gasteiger partial charge is 0.465 e. The van der Waals surface area contributed by atoms with Crippen molar-refractivity contribution in [1.29, 1.82) is 0 Å². The molecule has 1 aromatic carbocycles. The van der Waals surface area contributed by atoms with Gasteiger partial charge in [-0.25, -0.2) is 0 Å². The molecule has 1 aromatic rings. The molecule has 0 saturated carbocycles. The van der Waals surface area contributed by atoms with E-state index in [2.05, 4.69) is 24.1 Å². The van der Waals surface area contributed by atoms with Crippen LogP contribution in [0.4, 0.5) is 11.4 Å². The average molecular weight is 335 g/mol. The summed E-state index contributed by atoms with van der Waals surface area (Å²) in [6.45, 7) is 5.83. The highest BCUT2D eigenvalue weighted by Gasteiger charge is 2.38. The van der Waals surface area contributed by atoms with E-state index >= 15 is 0 Å². The Morgan fingerprint density at radius 3 is 2.67 bits per heavy atom. The molecule has 0 radical (unpaired) electrons. The van der Waals surface area contributed by atoms with Crippen molar-refractivity contribution in [2.45, 2.75) is 39.3 Å². The number of carbonyl (C=O) groups excluding carboxylic acids is 1. The number of rotatable bonds is 5. The van der Waals surface area contributed by atoms with E-state index in [4.69, 9.17) is 4.74 Å². The van der Waals surface area contributed by atoms with E-state index < -0.39 is 0 Å². The molecule has 1 heterocycles. The molecule has 2 rings (SSSR count). The van der Waals surface area contributed by atoms with E-state index in [1.807, 2.05) is 14.1 Å². The smallest absolute Gasteiger partial charge is 0.302 e. The van der Waals surface area contributed by atoms with Crippen molar-refractivity contribution in [3.63, 3.8) is 0 Å². The number of hydrogen-bond donors (Lipinski definition) is 1. The minimum absolute atomic E-state index is 0.0581. The number of fused-ring (bicyclic) bond motifs is 1. The molecule has 24 heavy (non-hydrogen) atoms. The Morgan fingerprint density at radius 1 is 1.46 bits per heavy atom. The summed E-state index contributed by atoms with van der Waals surface area (Å²) < 4.78 is 5.21. The molecule has 0 fully saturated rings. The Hall–Kier alpha value is -2.15. The molecule has 2 unspecified atom stereocenters. The molecule has 0 aliphatic carbocycles. The van der Waals surface area contributed by atoms with Crippen LogP contribution in [0.2, 0.25) is 0 Å².